The molecule has 0 aliphatic heterocycles. The summed E-state index contributed by atoms with van der Waals surface area (Å²) in [6.45, 7) is 4.52. The summed E-state index contributed by atoms with van der Waals surface area (Å²) < 4.78 is 0. The molecule has 0 bridgehead atoms. The fourth-order valence-electron chi connectivity index (χ4n) is 3.69. The Balaban J connectivity index is 1.74. The molecular weight excluding hydrogens is 330 g/mol. The lowest BCUT2D eigenvalue weighted by molar-refractivity contribution is 0.102. The van der Waals surface area contributed by atoms with Crippen LogP contribution in [0.2, 0.25) is 0 Å². The van der Waals surface area contributed by atoms with Crippen molar-refractivity contribution in [2.24, 2.45) is 0 Å². The number of fused-ring (bicyclic) bond motifs is 1. The summed E-state index contributed by atoms with van der Waals surface area (Å²) in [6, 6.07) is 26.1. The van der Waals surface area contributed by atoms with E-state index in [1.807, 2.05) is 48.5 Å². The van der Waals surface area contributed by atoms with E-state index in [0.717, 1.165) is 17.7 Å². The van der Waals surface area contributed by atoms with Crippen molar-refractivity contribution in [1.29, 1.82) is 0 Å². The highest BCUT2D eigenvalue weighted by Crippen LogP contribution is 2.41. The van der Waals surface area contributed by atoms with E-state index < -0.39 is 0 Å². The van der Waals surface area contributed by atoms with Crippen LogP contribution < -0.4 is 5.32 Å². The average molecular weight is 353 g/mol. The van der Waals surface area contributed by atoms with Gasteiger partial charge >= 0.3 is 0 Å². The highest BCUT2D eigenvalue weighted by atomic mass is 16.1. The van der Waals surface area contributed by atoms with Gasteiger partial charge in [-0.2, -0.15) is 0 Å². The standard InChI is InChI=1S/C25H23NO/c1-25(2)16-15-21(18-9-5-3-6-10-18)22-17-19(13-14-23(22)25)24(27)26-20-11-7-4-8-12-20/h3-15,17H,16H2,1-2H3,(H,26,27). The number of amides is 1. The van der Waals surface area contributed by atoms with Crippen molar-refractivity contribution < 1.29 is 4.79 Å². The summed E-state index contributed by atoms with van der Waals surface area (Å²) in [5, 5.41) is 2.98. The topological polar surface area (TPSA) is 29.1 Å². The average Bonchev–Trinajstić information content (AvgIpc) is 2.69. The maximum atomic E-state index is 12.8. The third kappa shape index (κ3) is 3.43. The van der Waals surface area contributed by atoms with E-state index in [-0.39, 0.29) is 11.3 Å². The molecule has 0 aromatic heterocycles. The van der Waals surface area contributed by atoms with E-state index in [1.54, 1.807) is 0 Å². The van der Waals surface area contributed by atoms with Crippen molar-refractivity contribution in [2.45, 2.75) is 25.7 Å². The van der Waals surface area contributed by atoms with Crippen LogP contribution in [0.4, 0.5) is 5.69 Å². The molecule has 2 nitrogen and oxygen atoms in total. The van der Waals surface area contributed by atoms with Crippen molar-refractivity contribution in [3.8, 4) is 0 Å². The largest absolute Gasteiger partial charge is 0.322 e. The summed E-state index contributed by atoms with van der Waals surface area (Å²) in [5.41, 5.74) is 6.38. The van der Waals surface area contributed by atoms with Gasteiger partial charge in [0.15, 0.2) is 0 Å². The first kappa shape index (κ1) is 17.3. The Morgan fingerprint density at radius 2 is 1.56 bits per heavy atom. The van der Waals surface area contributed by atoms with Crippen LogP contribution in [0.15, 0.2) is 84.9 Å². The van der Waals surface area contributed by atoms with Gasteiger partial charge in [0, 0.05) is 11.3 Å². The molecule has 27 heavy (non-hydrogen) atoms. The minimum absolute atomic E-state index is 0.0576. The molecule has 0 saturated carbocycles. The maximum absolute atomic E-state index is 12.8. The summed E-state index contributed by atoms with van der Waals surface area (Å²) in [4.78, 5) is 12.8. The molecule has 2 heteroatoms. The molecule has 1 N–H and O–H groups in total. The quantitative estimate of drug-likeness (QED) is 0.610. The number of allylic oxidation sites excluding steroid dienone is 1. The number of hydrogen-bond donors (Lipinski definition) is 1. The van der Waals surface area contributed by atoms with Gasteiger partial charge in [-0.15, -0.1) is 0 Å². The Morgan fingerprint density at radius 3 is 2.26 bits per heavy atom. The zero-order valence-corrected chi connectivity index (χ0v) is 15.7. The van der Waals surface area contributed by atoms with Crippen molar-refractivity contribution >= 4 is 17.2 Å². The van der Waals surface area contributed by atoms with Gasteiger partial charge in [-0.3, -0.25) is 4.79 Å². The SMILES string of the molecule is CC1(C)CC=C(c2ccccc2)c2cc(C(=O)Nc3ccccc3)ccc21. The molecule has 0 fully saturated rings. The molecule has 0 heterocycles. The zero-order valence-electron chi connectivity index (χ0n) is 15.7. The van der Waals surface area contributed by atoms with Gasteiger partial charge in [-0.1, -0.05) is 74.5 Å². The fraction of sp³-hybridized carbons (Fsp3) is 0.160. The fourth-order valence-corrected chi connectivity index (χ4v) is 3.69. The highest BCUT2D eigenvalue weighted by Gasteiger charge is 2.29. The van der Waals surface area contributed by atoms with E-state index >= 15 is 0 Å². The van der Waals surface area contributed by atoms with Crippen LogP contribution >= 0.6 is 0 Å². The number of carbonyl (C=O) groups excluding carboxylic acids is 1. The predicted octanol–water partition coefficient (Wildman–Crippen LogP) is 6.05. The van der Waals surface area contributed by atoms with Crippen LogP contribution in [-0.4, -0.2) is 5.91 Å². The van der Waals surface area contributed by atoms with Gasteiger partial charge in [0.25, 0.3) is 5.91 Å². The molecule has 0 spiro atoms. The molecule has 3 aromatic carbocycles. The lowest BCUT2D eigenvalue weighted by Crippen LogP contribution is -2.23. The van der Waals surface area contributed by atoms with Crippen molar-refractivity contribution in [3.63, 3.8) is 0 Å². The zero-order chi connectivity index (χ0) is 18.9. The maximum Gasteiger partial charge on any atom is 0.255 e. The van der Waals surface area contributed by atoms with E-state index in [1.165, 1.54) is 16.7 Å². The molecule has 1 aliphatic rings. The molecule has 1 amide bonds. The van der Waals surface area contributed by atoms with Crippen molar-refractivity contribution in [2.75, 3.05) is 5.32 Å². The van der Waals surface area contributed by atoms with Crippen LogP contribution in [0, 0.1) is 0 Å². The number of para-hydroxylation sites is 1. The van der Waals surface area contributed by atoms with Gasteiger partial charge in [-0.25, -0.2) is 0 Å². The van der Waals surface area contributed by atoms with Crippen LogP contribution in [0.1, 0.15) is 47.3 Å². The summed E-state index contributed by atoms with van der Waals surface area (Å²) in [5.74, 6) is -0.0835. The molecule has 0 unspecified atom stereocenters. The predicted molar refractivity (Wildman–Crippen MR) is 112 cm³/mol. The first-order chi connectivity index (χ1) is 13.0. The van der Waals surface area contributed by atoms with E-state index in [9.17, 15) is 4.79 Å². The van der Waals surface area contributed by atoms with Gasteiger partial charge < -0.3 is 5.32 Å². The molecule has 1 aliphatic carbocycles. The van der Waals surface area contributed by atoms with Gasteiger partial charge in [-0.05, 0) is 58.4 Å². The molecule has 0 radical (unpaired) electrons. The van der Waals surface area contributed by atoms with Crippen LogP contribution in [0.5, 0.6) is 0 Å². The molecular formula is C25H23NO. The molecule has 134 valence electrons. The second-order valence-electron chi connectivity index (χ2n) is 7.65. The number of nitrogens with one attached hydrogen (secondary N) is 1. The first-order valence-corrected chi connectivity index (χ1v) is 9.31. The minimum Gasteiger partial charge on any atom is -0.322 e. The Morgan fingerprint density at radius 1 is 0.889 bits per heavy atom. The van der Waals surface area contributed by atoms with Crippen molar-refractivity contribution in [3.05, 3.63) is 107 Å². The second kappa shape index (κ2) is 6.88. The Labute approximate surface area is 160 Å². The number of carbonyl (C=O) groups is 1. The molecule has 0 atom stereocenters. The lowest BCUT2D eigenvalue weighted by Gasteiger charge is -2.32. The van der Waals surface area contributed by atoms with Gasteiger partial charge in [0.05, 0.1) is 0 Å². The monoisotopic (exact) mass is 353 g/mol. The molecule has 3 aromatic rings. The van der Waals surface area contributed by atoms with E-state index in [0.29, 0.717) is 5.56 Å². The number of anilines is 1. The summed E-state index contributed by atoms with van der Waals surface area (Å²) in [7, 11) is 0. The lowest BCUT2D eigenvalue weighted by atomic mass is 9.72. The second-order valence-corrected chi connectivity index (χ2v) is 7.65. The highest BCUT2D eigenvalue weighted by molar-refractivity contribution is 6.05. The number of benzene rings is 3. The first-order valence-electron chi connectivity index (χ1n) is 9.31. The summed E-state index contributed by atoms with van der Waals surface area (Å²) in [6.07, 6.45) is 3.29. The van der Waals surface area contributed by atoms with Crippen LogP contribution in [-0.2, 0) is 5.41 Å². The van der Waals surface area contributed by atoms with Gasteiger partial charge in [0.1, 0.15) is 0 Å². The van der Waals surface area contributed by atoms with E-state index in [4.69, 9.17) is 0 Å². The third-order valence-electron chi connectivity index (χ3n) is 5.23. The minimum atomic E-state index is -0.0835. The third-order valence-corrected chi connectivity index (χ3v) is 5.23. The Bertz CT molecular complexity index is 1000. The number of hydrogen-bond acceptors (Lipinski definition) is 1. The normalized spacial score (nSPS) is 14.8. The van der Waals surface area contributed by atoms with E-state index in [2.05, 4.69) is 55.6 Å². The van der Waals surface area contributed by atoms with Crippen LogP contribution in [0.25, 0.3) is 5.57 Å². The Hall–Kier alpha value is -3.13. The van der Waals surface area contributed by atoms with Crippen LogP contribution in [0.3, 0.4) is 0 Å². The molecule has 4 rings (SSSR count). The summed E-state index contributed by atoms with van der Waals surface area (Å²) >= 11 is 0. The molecule has 0 saturated heterocycles. The van der Waals surface area contributed by atoms with Crippen molar-refractivity contribution in [1.82, 2.24) is 0 Å². The number of rotatable bonds is 3. The smallest absolute Gasteiger partial charge is 0.255 e. The Kier molecular flexibility index (Phi) is 4.41. The van der Waals surface area contributed by atoms with Gasteiger partial charge in [0.2, 0.25) is 0 Å².